The average molecular weight is 1390 g/mol. The number of unbranched alkanes of at least 4 members (excludes halogenated alkanes) is 1. The van der Waals surface area contributed by atoms with Crippen molar-refractivity contribution in [3.8, 4) is 44.5 Å². The van der Waals surface area contributed by atoms with Gasteiger partial charge in [0, 0.05) is 83.3 Å². The molecule has 4 aromatic heterocycles. The fourth-order valence-electron chi connectivity index (χ4n) is 12.2. The number of aromatic nitrogens is 4. The molecule has 102 heavy (non-hydrogen) atoms. The molecule has 14 aromatic rings. The van der Waals surface area contributed by atoms with Gasteiger partial charge in [0.05, 0.1) is 28.2 Å². The van der Waals surface area contributed by atoms with Crippen LogP contribution >= 0.6 is 15.9 Å². The number of pyridine rings is 4. The van der Waals surface area contributed by atoms with Gasteiger partial charge in [-0.25, -0.2) is 0 Å². The first kappa shape index (κ1) is 79.0. The summed E-state index contributed by atoms with van der Waals surface area (Å²) in [6.45, 7) is 23.2. The summed E-state index contributed by atoms with van der Waals surface area (Å²) in [6.07, 6.45) is 13.2. The zero-order chi connectivity index (χ0) is 69.8. The predicted octanol–water partition coefficient (Wildman–Crippen LogP) is 18.7. The number of alkyl halides is 1. The van der Waals surface area contributed by atoms with Gasteiger partial charge in [0.2, 0.25) is 0 Å². The summed E-state index contributed by atoms with van der Waals surface area (Å²) in [5, 5.41) is 5.47. The van der Waals surface area contributed by atoms with Gasteiger partial charge in [-0.15, -0.1) is 12.1 Å². The van der Waals surface area contributed by atoms with Crippen LogP contribution in [0.5, 0.6) is 0 Å². The summed E-state index contributed by atoms with van der Waals surface area (Å²) < 4.78 is 10.1. The van der Waals surface area contributed by atoms with E-state index in [-0.39, 0.29) is 37.7 Å². The molecule has 0 spiro atoms. The van der Waals surface area contributed by atoms with E-state index in [0.717, 1.165) is 105 Å². The van der Waals surface area contributed by atoms with E-state index in [9.17, 15) is 0 Å². The number of halogens is 1. The Kier molecular flexibility index (Phi) is 32.1. The second-order valence-electron chi connectivity index (χ2n) is 25.4. The van der Waals surface area contributed by atoms with Crippen LogP contribution in [0.1, 0.15) is 108 Å². The van der Waals surface area contributed by atoms with Crippen molar-refractivity contribution in [1.82, 2.24) is 19.9 Å². The van der Waals surface area contributed by atoms with Crippen LogP contribution in [0.25, 0.3) is 88.1 Å². The molecule has 0 N–H and O–H groups in total. The van der Waals surface area contributed by atoms with Crippen LogP contribution in [0.3, 0.4) is 0 Å². The van der Waals surface area contributed by atoms with Gasteiger partial charge in [-0.2, -0.15) is 30.5 Å². The summed E-state index contributed by atoms with van der Waals surface area (Å²) >= 11 is 3.41. The molecule has 2 saturated heterocycles. The van der Waals surface area contributed by atoms with Crippen LogP contribution in [0.15, 0.2) is 279 Å². The molecule has 2 fully saturated rings. The first-order valence-corrected chi connectivity index (χ1v) is 36.3. The van der Waals surface area contributed by atoms with E-state index in [1.807, 2.05) is 42.7 Å². The van der Waals surface area contributed by atoms with Gasteiger partial charge in [-0.1, -0.05) is 261 Å². The molecule has 10 aromatic carbocycles. The molecule has 2 aliphatic heterocycles. The monoisotopic (exact) mass is 1390 g/mol. The van der Waals surface area contributed by atoms with Gasteiger partial charge in [-0.3, -0.25) is 19.9 Å². The number of fused-ring (bicyclic) bond motifs is 6. The molecule has 0 bridgehead atoms. The van der Waals surface area contributed by atoms with E-state index in [4.69, 9.17) is 19.4 Å². The first-order valence-electron chi connectivity index (χ1n) is 35.2. The fraction of sp³-hybridized carbons (Fsp3) is 0.204. The van der Waals surface area contributed by atoms with Crippen LogP contribution in [-0.2, 0) is 27.6 Å². The quantitative estimate of drug-likeness (QED) is 0.0588. The number of hydrogen-bond donors (Lipinski definition) is 0. The molecule has 0 radical (unpaired) electrons. The van der Waals surface area contributed by atoms with E-state index in [1.165, 1.54) is 116 Å². The number of hydrogen-bond acceptors (Lipinski definition) is 6. The minimum atomic E-state index is 0. The van der Waals surface area contributed by atoms with E-state index in [0.29, 0.717) is 6.10 Å². The first-order chi connectivity index (χ1) is 49.0. The predicted molar refractivity (Wildman–Crippen MR) is 428 cm³/mol. The Labute approximate surface area is 639 Å². The number of benzene rings is 10. The molecular weight excluding hydrogens is 1300 g/mol. The van der Waals surface area contributed by atoms with Crippen molar-refractivity contribution in [2.75, 3.05) is 19.8 Å². The third kappa shape index (κ3) is 21.9. The Balaban J connectivity index is 0.000000184. The topological polar surface area (TPSA) is 70.0 Å². The molecule has 0 aliphatic carbocycles. The molecule has 6 nitrogen and oxygen atoms in total. The van der Waals surface area contributed by atoms with Crippen molar-refractivity contribution in [2.45, 2.75) is 104 Å². The van der Waals surface area contributed by atoms with Crippen LogP contribution in [0.4, 0.5) is 0 Å². The Morgan fingerprint density at radius 1 is 0.402 bits per heavy atom. The standard InChI is InChI=1S/C40H32N2.C24H16N2.C8H9Br.C8H9.C5H10O.C4H8O.C4H9.2Li/c1-27-13-9-11-19-31(27)23-33-25-37(29-15-5-3-6-16-29)35-21-22-36-38(30-17-7-4-8-18-30)26-34(42-40(36)39(35)41-33)24-32-20-12-10-14-28(32)2;1-3-7-17(8-4-1)19-13-15-25-23-21(19)11-12-22-20(14-16-26-24(22)23)18-9-5-2-6-10-18;1-7-4-2-3-5-8(7)6-9;1-7-5-3-4-6-8(7)2;1-5-3-2-4-6-5;1-2-4-5-3-1;1-3-4-2;;/h3-22,25-26H,23-24H2,1-2H3;1-16H;2-5H,6H2,1H3;3-6H,1H2,2H3;5H,2-4H2,1H3;1-4H2;1,3-4H2,2H3;;/q;;;-1;;;-1;2*+1. The number of nitrogens with zero attached hydrogens (tertiary/aromatic N) is 4. The largest absolute Gasteiger partial charge is 1.00 e. The van der Waals surface area contributed by atoms with Crippen molar-refractivity contribution in [3.05, 3.63) is 349 Å². The summed E-state index contributed by atoms with van der Waals surface area (Å²) in [5.41, 5.74) is 25.7. The van der Waals surface area contributed by atoms with Crippen LogP contribution < -0.4 is 37.7 Å². The van der Waals surface area contributed by atoms with E-state index < -0.39 is 0 Å². The van der Waals surface area contributed by atoms with Crippen molar-refractivity contribution in [2.24, 2.45) is 0 Å². The normalized spacial score (nSPS) is 12.5. The minimum absolute atomic E-state index is 0. The maximum Gasteiger partial charge on any atom is 1.00 e. The Morgan fingerprint density at radius 3 is 1.03 bits per heavy atom. The summed E-state index contributed by atoms with van der Waals surface area (Å²) in [6, 6.07) is 93.3. The van der Waals surface area contributed by atoms with E-state index in [1.54, 1.807) is 0 Å². The van der Waals surface area contributed by atoms with Crippen LogP contribution in [0, 0.1) is 41.5 Å². The molecule has 0 amide bonds. The zero-order valence-corrected chi connectivity index (χ0v) is 62.6. The molecule has 1 atom stereocenters. The SMILES string of the molecule is C1CCOC1.CC1CCCO1.Cc1ccccc1CBr.Cc1ccccc1Cc1cc(-c2ccccc2)c2ccc3c(-c4ccccc4)cc(Cc4ccccc4C)nc3c2n1.[CH2-]CCC.[CH2-]c1ccccc1C.[Li+].[Li+].c1ccc(-c2ccnc3c2ccc2c(-c4ccccc4)ccnc23)cc1. The van der Waals surface area contributed by atoms with Crippen molar-refractivity contribution in [3.63, 3.8) is 0 Å². The number of aryl methyl sites for hydroxylation is 4. The Bertz CT molecular complexity index is 4580. The van der Waals surface area contributed by atoms with E-state index in [2.05, 4.69) is 318 Å². The second-order valence-corrected chi connectivity index (χ2v) is 26.0. The van der Waals surface area contributed by atoms with Crippen molar-refractivity contribution < 1.29 is 47.2 Å². The third-order valence-electron chi connectivity index (χ3n) is 18.1. The van der Waals surface area contributed by atoms with Crippen molar-refractivity contribution >= 4 is 59.5 Å². The summed E-state index contributed by atoms with van der Waals surface area (Å²) in [5.74, 6) is 0. The zero-order valence-electron chi connectivity index (χ0n) is 61.0. The van der Waals surface area contributed by atoms with E-state index >= 15 is 0 Å². The van der Waals surface area contributed by atoms with Gasteiger partial charge < -0.3 is 16.4 Å². The molecule has 2 aliphatic rings. The third-order valence-corrected chi connectivity index (χ3v) is 18.7. The Hall–Kier alpha value is -8.70. The fourth-order valence-corrected chi connectivity index (χ4v) is 12.8. The Morgan fingerprint density at radius 2 is 0.745 bits per heavy atom. The molecule has 506 valence electrons. The smallest absolute Gasteiger partial charge is 0.381 e. The summed E-state index contributed by atoms with van der Waals surface area (Å²) in [7, 11) is 0. The second kappa shape index (κ2) is 41.4. The van der Waals surface area contributed by atoms with Crippen molar-refractivity contribution in [1.29, 1.82) is 0 Å². The number of ether oxygens (including phenoxy) is 2. The average Bonchev–Trinajstić information content (AvgIpc) is 0.815. The minimum Gasteiger partial charge on any atom is -0.381 e. The molecule has 9 heteroatoms. The van der Waals surface area contributed by atoms with Crippen LogP contribution in [-0.4, -0.2) is 45.9 Å². The van der Waals surface area contributed by atoms with Gasteiger partial charge in [0.1, 0.15) is 0 Å². The van der Waals surface area contributed by atoms with Gasteiger partial charge >= 0.3 is 37.7 Å². The van der Waals surface area contributed by atoms with Crippen LogP contribution in [0.2, 0.25) is 0 Å². The molecular formula is C93H93BrLi2N4O2. The molecule has 1 unspecified atom stereocenters. The molecule has 0 saturated carbocycles. The summed E-state index contributed by atoms with van der Waals surface area (Å²) in [4.78, 5) is 20.1. The molecule has 16 rings (SSSR count). The van der Waals surface area contributed by atoms with Gasteiger partial charge in [-0.05, 0) is 156 Å². The maximum absolute atomic E-state index is 5.36. The molecule has 6 heterocycles. The van der Waals surface area contributed by atoms with Gasteiger partial charge in [0.25, 0.3) is 0 Å². The maximum atomic E-state index is 5.36. The van der Waals surface area contributed by atoms with Gasteiger partial charge in [0.15, 0.2) is 0 Å². The number of rotatable bonds is 10.